The minimum Gasteiger partial charge on any atom is -0.458 e. The Morgan fingerprint density at radius 1 is 0.378 bits per heavy atom. The first-order valence-electron chi connectivity index (χ1n) is 17.4. The molecule has 0 aliphatic rings. The quantitative estimate of drug-likeness (QED) is 0.0636. The fourth-order valence-corrected chi connectivity index (χ4v) is 3.98. The summed E-state index contributed by atoms with van der Waals surface area (Å²) in [6, 6.07) is 0. The standard InChI is InChI=1S/C34H68O11/c1-5-6-7-8-9-10-11-12-13-14-15-36-16-17-37-18-19-38-20-21-39-22-23-40-24-25-41-26-27-42-28-29-43-30-31-44-32-33(35)45-34(2,3)4/h5-32H2,1-4H3. The van der Waals surface area contributed by atoms with Crippen LogP contribution in [0.5, 0.6) is 0 Å². The number of hydrogen-bond donors (Lipinski definition) is 0. The largest absolute Gasteiger partial charge is 0.458 e. The molecule has 11 heteroatoms. The SMILES string of the molecule is CCCCCCCCCCCCOCCOCCOCCOCCOCCOCCOCCOCCOCC(=O)OC(C)(C)C. The molecule has 0 radical (unpaired) electrons. The van der Waals surface area contributed by atoms with E-state index in [-0.39, 0.29) is 12.6 Å². The molecule has 0 aromatic carbocycles. The summed E-state index contributed by atoms with van der Waals surface area (Å²) in [5, 5.41) is 0. The first kappa shape index (κ1) is 44.1. The Morgan fingerprint density at radius 3 is 0.956 bits per heavy atom. The average molecular weight is 653 g/mol. The van der Waals surface area contributed by atoms with E-state index in [4.69, 9.17) is 47.4 Å². The van der Waals surface area contributed by atoms with Crippen molar-refractivity contribution < 1.29 is 52.2 Å². The fraction of sp³-hybridized carbons (Fsp3) is 0.971. The van der Waals surface area contributed by atoms with Gasteiger partial charge in [0.15, 0.2) is 0 Å². The van der Waals surface area contributed by atoms with Gasteiger partial charge in [0, 0.05) is 6.61 Å². The highest BCUT2D eigenvalue weighted by Crippen LogP contribution is 2.10. The smallest absolute Gasteiger partial charge is 0.332 e. The van der Waals surface area contributed by atoms with Crippen LogP contribution in [0.3, 0.4) is 0 Å². The van der Waals surface area contributed by atoms with Gasteiger partial charge in [-0.15, -0.1) is 0 Å². The molecule has 0 atom stereocenters. The van der Waals surface area contributed by atoms with Crippen molar-refractivity contribution in [3.63, 3.8) is 0 Å². The zero-order chi connectivity index (χ0) is 32.9. The second kappa shape index (κ2) is 36.0. The molecule has 0 aromatic heterocycles. The fourth-order valence-electron chi connectivity index (χ4n) is 3.98. The maximum atomic E-state index is 11.5. The van der Waals surface area contributed by atoms with Gasteiger partial charge in [-0.3, -0.25) is 0 Å². The lowest BCUT2D eigenvalue weighted by atomic mass is 10.1. The van der Waals surface area contributed by atoms with Crippen molar-refractivity contribution >= 4 is 5.97 Å². The molecule has 0 unspecified atom stereocenters. The van der Waals surface area contributed by atoms with E-state index in [1.807, 2.05) is 20.8 Å². The van der Waals surface area contributed by atoms with E-state index in [0.29, 0.717) is 106 Å². The van der Waals surface area contributed by atoms with Crippen LogP contribution in [0.25, 0.3) is 0 Å². The number of carbonyl (C=O) groups excluding carboxylic acids is 1. The zero-order valence-corrected chi connectivity index (χ0v) is 29.3. The van der Waals surface area contributed by atoms with Crippen LogP contribution in [-0.2, 0) is 52.2 Å². The van der Waals surface area contributed by atoms with E-state index in [0.717, 1.165) is 13.0 Å². The summed E-state index contributed by atoms with van der Waals surface area (Å²) < 4.78 is 54.3. The Morgan fingerprint density at radius 2 is 0.644 bits per heavy atom. The topological polar surface area (TPSA) is 109 Å². The van der Waals surface area contributed by atoms with Gasteiger partial charge >= 0.3 is 5.97 Å². The molecule has 0 bridgehead atoms. The summed E-state index contributed by atoms with van der Waals surface area (Å²) in [6.45, 7) is 16.6. The number of carbonyl (C=O) groups is 1. The van der Waals surface area contributed by atoms with Gasteiger partial charge in [0.1, 0.15) is 12.2 Å². The Hall–Kier alpha value is -0.890. The van der Waals surface area contributed by atoms with Gasteiger partial charge in [0.25, 0.3) is 0 Å². The maximum absolute atomic E-state index is 11.5. The predicted octanol–water partition coefficient (Wildman–Crippen LogP) is 5.40. The van der Waals surface area contributed by atoms with Crippen LogP contribution in [0.15, 0.2) is 0 Å². The number of unbranched alkanes of at least 4 members (excludes halogenated alkanes) is 9. The molecule has 0 saturated carbocycles. The molecule has 0 heterocycles. The van der Waals surface area contributed by atoms with E-state index in [2.05, 4.69) is 6.92 Å². The Labute approximate surface area is 274 Å². The summed E-state index contributed by atoms with van der Waals surface area (Å²) in [5.41, 5.74) is -0.505. The van der Waals surface area contributed by atoms with Crippen LogP contribution in [0.4, 0.5) is 0 Å². The molecule has 0 rings (SSSR count). The maximum Gasteiger partial charge on any atom is 0.332 e. The van der Waals surface area contributed by atoms with Crippen LogP contribution in [0.1, 0.15) is 91.9 Å². The van der Waals surface area contributed by atoms with E-state index in [9.17, 15) is 4.79 Å². The number of ether oxygens (including phenoxy) is 10. The predicted molar refractivity (Wildman–Crippen MR) is 175 cm³/mol. The van der Waals surface area contributed by atoms with Crippen LogP contribution in [0, 0.1) is 0 Å². The lowest BCUT2D eigenvalue weighted by molar-refractivity contribution is -0.160. The normalized spacial score (nSPS) is 11.8. The van der Waals surface area contributed by atoms with Crippen LogP contribution < -0.4 is 0 Å². The zero-order valence-electron chi connectivity index (χ0n) is 29.3. The van der Waals surface area contributed by atoms with Gasteiger partial charge in [0.2, 0.25) is 0 Å². The molecule has 0 aromatic rings. The molecular weight excluding hydrogens is 584 g/mol. The third kappa shape index (κ3) is 41.1. The van der Waals surface area contributed by atoms with Crippen molar-refractivity contribution in [2.45, 2.75) is 97.5 Å². The summed E-state index contributed by atoms with van der Waals surface area (Å²) in [6.07, 6.45) is 13.4. The second-order valence-corrected chi connectivity index (χ2v) is 11.7. The summed E-state index contributed by atoms with van der Waals surface area (Å²) in [7, 11) is 0. The Balaban J connectivity index is 3.09. The van der Waals surface area contributed by atoms with E-state index < -0.39 is 5.60 Å². The van der Waals surface area contributed by atoms with Gasteiger partial charge < -0.3 is 47.4 Å². The molecule has 0 spiro atoms. The molecule has 0 aliphatic carbocycles. The number of rotatable bonds is 37. The molecule has 0 aliphatic heterocycles. The summed E-state index contributed by atoms with van der Waals surface area (Å²) in [4.78, 5) is 11.5. The summed E-state index contributed by atoms with van der Waals surface area (Å²) >= 11 is 0. The van der Waals surface area contributed by atoms with Gasteiger partial charge in [-0.2, -0.15) is 0 Å². The molecule has 270 valence electrons. The monoisotopic (exact) mass is 652 g/mol. The van der Waals surface area contributed by atoms with Crippen molar-refractivity contribution in [3.8, 4) is 0 Å². The van der Waals surface area contributed by atoms with Gasteiger partial charge in [-0.1, -0.05) is 64.7 Å². The minimum absolute atomic E-state index is 0.0764. The van der Waals surface area contributed by atoms with Crippen molar-refractivity contribution in [3.05, 3.63) is 0 Å². The minimum atomic E-state index is -0.505. The highest BCUT2D eigenvalue weighted by molar-refractivity contribution is 5.71. The van der Waals surface area contributed by atoms with Crippen molar-refractivity contribution in [1.82, 2.24) is 0 Å². The average Bonchev–Trinajstić information content (AvgIpc) is 3.00. The van der Waals surface area contributed by atoms with Crippen LogP contribution in [0.2, 0.25) is 0 Å². The van der Waals surface area contributed by atoms with Gasteiger partial charge in [0.05, 0.1) is 106 Å². The highest BCUT2D eigenvalue weighted by atomic mass is 16.6. The lowest BCUT2D eigenvalue weighted by Crippen LogP contribution is -2.27. The molecular formula is C34H68O11. The number of hydrogen-bond acceptors (Lipinski definition) is 11. The van der Waals surface area contributed by atoms with Gasteiger partial charge in [-0.25, -0.2) is 4.79 Å². The van der Waals surface area contributed by atoms with Gasteiger partial charge in [-0.05, 0) is 27.2 Å². The van der Waals surface area contributed by atoms with E-state index in [1.54, 1.807) is 0 Å². The van der Waals surface area contributed by atoms with Crippen molar-refractivity contribution in [1.29, 1.82) is 0 Å². The number of esters is 1. The van der Waals surface area contributed by atoms with Crippen LogP contribution >= 0.6 is 0 Å². The molecule has 0 N–H and O–H groups in total. The van der Waals surface area contributed by atoms with Crippen LogP contribution in [-0.4, -0.2) is 130 Å². The molecule has 0 fully saturated rings. The third-order valence-corrected chi connectivity index (χ3v) is 6.26. The lowest BCUT2D eigenvalue weighted by Gasteiger charge is -2.19. The first-order chi connectivity index (χ1) is 22.0. The Bertz CT molecular complexity index is 587. The Kier molecular flexibility index (Phi) is 35.2. The molecule has 0 amide bonds. The molecule has 11 nitrogen and oxygen atoms in total. The summed E-state index contributed by atoms with van der Waals surface area (Å²) in [5.74, 6) is -0.380. The second-order valence-electron chi connectivity index (χ2n) is 11.7. The third-order valence-electron chi connectivity index (χ3n) is 6.26. The molecule has 0 saturated heterocycles. The van der Waals surface area contributed by atoms with Crippen molar-refractivity contribution in [2.75, 3.05) is 119 Å². The molecule has 45 heavy (non-hydrogen) atoms. The highest BCUT2D eigenvalue weighted by Gasteiger charge is 2.15. The van der Waals surface area contributed by atoms with E-state index >= 15 is 0 Å². The first-order valence-corrected chi connectivity index (χ1v) is 17.4. The van der Waals surface area contributed by atoms with E-state index in [1.165, 1.54) is 57.8 Å². The van der Waals surface area contributed by atoms with Crippen molar-refractivity contribution in [2.24, 2.45) is 0 Å².